The smallest absolute Gasteiger partial charge is 0.249 e. The van der Waals surface area contributed by atoms with E-state index in [0.29, 0.717) is 19.4 Å². The molecule has 2 aliphatic heterocycles. The predicted molar refractivity (Wildman–Crippen MR) is 145 cm³/mol. The van der Waals surface area contributed by atoms with Gasteiger partial charge in [0.05, 0.1) is 49.1 Å². The molecule has 3 fully saturated rings. The first-order valence-corrected chi connectivity index (χ1v) is 14.2. The molecule has 0 aromatic carbocycles. The Balaban J connectivity index is 1.92. The number of nitrogens with two attached hydrogens (primary N) is 6. The summed E-state index contributed by atoms with van der Waals surface area (Å²) in [5, 5.41) is 47.1. The molecule has 6 unspecified atom stereocenters. The summed E-state index contributed by atoms with van der Waals surface area (Å²) in [7, 11) is 0. The van der Waals surface area contributed by atoms with Gasteiger partial charge in [0.2, 0.25) is 5.91 Å². The van der Waals surface area contributed by atoms with E-state index in [9.17, 15) is 25.2 Å². The van der Waals surface area contributed by atoms with Gasteiger partial charge in [-0.1, -0.05) is 0 Å². The summed E-state index contributed by atoms with van der Waals surface area (Å²) in [5.74, 6) is -0.688. The first-order valence-electron chi connectivity index (χ1n) is 14.2. The van der Waals surface area contributed by atoms with Gasteiger partial charge in [-0.05, 0) is 32.2 Å². The zero-order valence-electron chi connectivity index (χ0n) is 23.2. The zero-order chi connectivity index (χ0) is 30.3. The largest absolute Gasteiger partial charge is 0.394 e. The Kier molecular flexibility index (Phi) is 13.5. The summed E-state index contributed by atoms with van der Waals surface area (Å²) in [4.78, 5) is 12.8. The van der Waals surface area contributed by atoms with Crippen molar-refractivity contribution >= 4 is 5.91 Å². The molecule has 17 heteroatoms. The summed E-state index contributed by atoms with van der Waals surface area (Å²) in [6.07, 6.45) is -8.13. The summed E-state index contributed by atoms with van der Waals surface area (Å²) < 4.78 is 24.3. The standard InChI is InChI=1S/C24H50N8O9/c25-4-3-14(34)22(37)32-13-7-12(29)20(40-23-11(28)2-1-10(8-27)38-23)17(31-6-5-26)21(13)41-24-19(36)16(30)18(35)15(9-33)39-24/h10-21,23-24,31,33-36H,1-9,25-30H2,(H,32,37)/t10?,11?,12-,13+,14-,15?,16-,17?,18+,19?,20?,21-,23+,24+/m0/s1. The van der Waals surface area contributed by atoms with Crippen LogP contribution < -0.4 is 45.0 Å². The number of hydrogen-bond donors (Lipinski definition) is 12. The molecule has 2 saturated heterocycles. The van der Waals surface area contributed by atoms with Crippen molar-refractivity contribution in [2.75, 3.05) is 32.8 Å². The molecule has 17 nitrogen and oxygen atoms in total. The molecule has 0 aromatic rings. The third-order valence-electron chi connectivity index (χ3n) is 7.93. The lowest BCUT2D eigenvalue weighted by molar-refractivity contribution is -0.303. The lowest BCUT2D eigenvalue weighted by Crippen LogP contribution is -2.72. The Labute approximate surface area is 239 Å². The highest BCUT2D eigenvalue weighted by Gasteiger charge is 2.51. The van der Waals surface area contributed by atoms with Crippen LogP contribution in [0, 0.1) is 0 Å². The molecule has 0 radical (unpaired) electrons. The first-order chi connectivity index (χ1) is 19.6. The number of carbonyl (C=O) groups excluding carboxylic acids is 1. The van der Waals surface area contributed by atoms with Crippen LogP contribution >= 0.6 is 0 Å². The average Bonchev–Trinajstić information content (AvgIpc) is 2.95. The van der Waals surface area contributed by atoms with Crippen molar-refractivity contribution < 1.29 is 44.2 Å². The van der Waals surface area contributed by atoms with Gasteiger partial charge in [0.25, 0.3) is 0 Å². The van der Waals surface area contributed by atoms with Crippen LogP contribution in [-0.2, 0) is 23.7 Å². The Morgan fingerprint density at radius 1 is 0.951 bits per heavy atom. The molecule has 0 spiro atoms. The number of amides is 1. The van der Waals surface area contributed by atoms with Crippen molar-refractivity contribution in [3.05, 3.63) is 0 Å². The Bertz CT molecular complexity index is 804. The molecular formula is C24H50N8O9. The number of ether oxygens (including phenoxy) is 4. The summed E-state index contributed by atoms with van der Waals surface area (Å²) in [6, 6.07) is -3.90. The van der Waals surface area contributed by atoms with Gasteiger partial charge < -0.3 is 84.4 Å². The molecule has 41 heavy (non-hydrogen) atoms. The molecule has 3 aliphatic rings. The van der Waals surface area contributed by atoms with Crippen molar-refractivity contribution in [2.45, 2.75) is 111 Å². The van der Waals surface area contributed by atoms with Gasteiger partial charge in [-0.25, -0.2) is 0 Å². The lowest BCUT2D eigenvalue weighted by Gasteiger charge is -2.50. The van der Waals surface area contributed by atoms with Crippen LogP contribution in [0.5, 0.6) is 0 Å². The number of hydrogen-bond acceptors (Lipinski definition) is 16. The second-order valence-corrected chi connectivity index (χ2v) is 11.0. The van der Waals surface area contributed by atoms with Crippen LogP contribution in [0.15, 0.2) is 0 Å². The number of carbonyl (C=O) groups is 1. The second-order valence-electron chi connectivity index (χ2n) is 11.0. The maximum absolute atomic E-state index is 12.8. The van der Waals surface area contributed by atoms with E-state index in [4.69, 9.17) is 53.3 Å². The van der Waals surface area contributed by atoms with Gasteiger partial charge in [0.15, 0.2) is 12.6 Å². The monoisotopic (exact) mass is 594 g/mol. The minimum Gasteiger partial charge on any atom is -0.394 e. The van der Waals surface area contributed by atoms with Crippen LogP contribution in [0.1, 0.15) is 25.7 Å². The van der Waals surface area contributed by atoms with E-state index < -0.39 is 91.9 Å². The minimum absolute atomic E-state index is 0.0330. The van der Waals surface area contributed by atoms with Gasteiger partial charge in [-0.2, -0.15) is 0 Å². The molecule has 1 aliphatic carbocycles. The van der Waals surface area contributed by atoms with E-state index in [2.05, 4.69) is 10.6 Å². The van der Waals surface area contributed by atoms with Crippen molar-refractivity contribution in [1.29, 1.82) is 0 Å². The van der Waals surface area contributed by atoms with Gasteiger partial charge in [-0.3, -0.25) is 4.79 Å². The molecule has 0 aromatic heterocycles. The van der Waals surface area contributed by atoms with Crippen molar-refractivity contribution in [3.63, 3.8) is 0 Å². The van der Waals surface area contributed by atoms with Gasteiger partial charge >= 0.3 is 0 Å². The SMILES string of the molecule is NCCNC1C(O[C@H]2OC(CN)CCC2N)[C@@H](N)C[C@@H](NC(=O)[C@@H](O)CCN)[C@@H]1O[C@H]1OC(CO)[C@@H](O)[C@H](N)C1O. The fourth-order valence-electron chi connectivity index (χ4n) is 5.54. The van der Waals surface area contributed by atoms with Crippen LogP contribution in [-0.4, -0.2) is 145 Å². The fourth-order valence-corrected chi connectivity index (χ4v) is 5.54. The number of nitrogens with one attached hydrogen (secondary N) is 2. The van der Waals surface area contributed by atoms with Gasteiger partial charge in [0, 0.05) is 25.7 Å². The van der Waals surface area contributed by atoms with Gasteiger partial charge in [-0.15, -0.1) is 0 Å². The molecule has 14 atom stereocenters. The van der Waals surface area contributed by atoms with E-state index in [1.54, 1.807) is 0 Å². The molecule has 2 heterocycles. The molecule has 0 bridgehead atoms. The molecular weight excluding hydrogens is 544 g/mol. The number of aliphatic hydroxyl groups is 4. The molecule has 18 N–H and O–H groups in total. The Morgan fingerprint density at radius 2 is 1.66 bits per heavy atom. The van der Waals surface area contributed by atoms with Crippen LogP contribution in [0.4, 0.5) is 0 Å². The molecule has 3 rings (SSSR count). The normalized spacial score (nSPS) is 42.5. The summed E-state index contributed by atoms with van der Waals surface area (Å²) in [6.45, 7) is 0.326. The highest BCUT2D eigenvalue weighted by molar-refractivity contribution is 5.80. The van der Waals surface area contributed by atoms with E-state index >= 15 is 0 Å². The van der Waals surface area contributed by atoms with Crippen molar-refractivity contribution in [1.82, 2.24) is 10.6 Å². The summed E-state index contributed by atoms with van der Waals surface area (Å²) in [5.41, 5.74) is 36.0. The number of rotatable bonds is 13. The maximum Gasteiger partial charge on any atom is 0.249 e. The second kappa shape index (κ2) is 16.1. The van der Waals surface area contributed by atoms with Crippen molar-refractivity contribution in [3.8, 4) is 0 Å². The van der Waals surface area contributed by atoms with Gasteiger partial charge in [0.1, 0.15) is 24.4 Å². The lowest BCUT2D eigenvalue weighted by atomic mass is 9.81. The minimum atomic E-state index is -1.49. The Morgan fingerprint density at radius 3 is 2.29 bits per heavy atom. The summed E-state index contributed by atoms with van der Waals surface area (Å²) >= 11 is 0. The topological polar surface area (TPSA) is 315 Å². The first kappa shape index (κ1) is 34.4. The average molecular weight is 595 g/mol. The fraction of sp³-hybridized carbons (Fsp3) is 0.958. The maximum atomic E-state index is 12.8. The third kappa shape index (κ3) is 8.49. The molecule has 240 valence electrons. The van der Waals surface area contributed by atoms with Crippen LogP contribution in [0.25, 0.3) is 0 Å². The predicted octanol–water partition coefficient (Wildman–Crippen LogP) is -6.84. The Hall–Kier alpha value is -1.13. The quantitative estimate of drug-likeness (QED) is 0.0942. The van der Waals surface area contributed by atoms with Crippen molar-refractivity contribution in [2.24, 2.45) is 34.4 Å². The van der Waals surface area contributed by atoms with E-state index in [1.165, 1.54) is 0 Å². The zero-order valence-corrected chi connectivity index (χ0v) is 23.2. The number of aliphatic hydroxyl groups excluding tert-OH is 4. The van der Waals surface area contributed by atoms with Crippen LogP contribution in [0.2, 0.25) is 0 Å². The van der Waals surface area contributed by atoms with E-state index in [-0.39, 0.29) is 38.6 Å². The van der Waals surface area contributed by atoms with E-state index in [0.717, 1.165) is 0 Å². The van der Waals surface area contributed by atoms with Crippen LogP contribution in [0.3, 0.4) is 0 Å². The highest BCUT2D eigenvalue weighted by atomic mass is 16.7. The van der Waals surface area contributed by atoms with E-state index in [1.807, 2.05) is 0 Å². The molecule has 1 saturated carbocycles. The highest BCUT2D eigenvalue weighted by Crippen LogP contribution is 2.31. The third-order valence-corrected chi connectivity index (χ3v) is 7.93. The molecule has 1 amide bonds.